The fourth-order valence-corrected chi connectivity index (χ4v) is 2.01. The number of fused-ring (bicyclic) bond motifs is 1. The van der Waals surface area contributed by atoms with Gasteiger partial charge in [0.05, 0.1) is 0 Å². The Kier molecular flexibility index (Phi) is 2.70. The SMILES string of the molecule is Cn1ccc2c(-c3nccc(C(F)(F)F)n3)ccnc21. The second kappa shape index (κ2) is 4.29. The Labute approximate surface area is 111 Å². The van der Waals surface area contributed by atoms with Gasteiger partial charge in [-0.2, -0.15) is 13.2 Å². The van der Waals surface area contributed by atoms with Crippen molar-refractivity contribution in [3.63, 3.8) is 0 Å². The van der Waals surface area contributed by atoms with Gasteiger partial charge in [-0.1, -0.05) is 0 Å². The van der Waals surface area contributed by atoms with Crippen molar-refractivity contribution < 1.29 is 13.2 Å². The lowest BCUT2D eigenvalue weighted by Crippen LogP contribution is -2.09. The van der Waals surface area contributed by atoms with Crippen LogP contribution in [0, 0.1) is 0 Å². The van der Waals surface area contributed by atoms with E-state index >= 15 is 0 Å². The number of alkyl halides is 3. The van der Waals surface area contributed by atoms with E-state index in [1.165, 1.54) is 6.20 Å². The summed E-state index contributed by atoms with van der Waals surface area (Å²) in [6.45, 7) is 0. The molecule has 0 amide bonds. The predicted molar refractivity (Wildman–Crippen MR) is 66.7 cm³/mol. The summed E-state index contributed by atoms with van der Waals surface area (Å²) in [5.41, 5.74) is 0.244. The number of hydrogen-bond acceptors (Lipinski definition) is 3. The summed E-state index contributed by atoms with van der Waals surface area (Å²) in [7, 11) is 1.81. The third kappa shape index (κ3) is 2.01. The van der Waals surface area contributed by atoms with Gasteiger partial charge < -0.3 is 4.57 Å². The molecule has 0 spiro atoms. The molecule has 0 radical (unpaired) electrons. The van der Waals surface area contributed by atoms with E-state index in [1.54, 1.807) is 22.9 Å². The van der Waals surface area contributed by atoms with Crippen LogP contribution in [0.3, 0.4) is 0 Å². The van der Waals surface area contributed by atoms with E-state index in [9.17, 15) is 13.2 Å². The number of halogens is 3. The molecule has 3 rings (SSSR count). The molecule has 0 fully saturated rings. The van der Waals surface area contributed by atoms with Gasteiger partial charge in [-0.15, -0.1) is 0 Å². The van der Waals surface area contributed by atoms with Gasteiger partial charge in [0.25, 0.3) is 0 Å². The van der Waals surface area contributed by atoms with Crippen LogP contribution in [0.2, 0.25) is 0 Å². The number of hydrogen-bond donors (Lipinski definition) is 0. The Balaban J connectivity index is 2.21. The minimum atomic E-state index is -4.49. The molecule has 3 aromatic rings. The molecule has 7 heteroatoms. The minimum Gasteiger partial charge on any atom is -0.336 e. The van der Waals surface area contributed by atoms with Gasteiger partial charge in [0.15, 0.2) is 5.82 Å². The number of aryl methyl sites for hydroxylation is 1. The standard InChI is InChI=1S/C13H9F3N4/c1-20-7-4-9-8(2-5-18-12(9)20)11-17-6-3-10(19-11)13(14,15)16/h2-7H,1H3. The quantitative estimate of drug-likeness (QED) is 0.687. The van der Waals surface area contributed by atoms with E-state index in [1.807, 2.05) is 7.05 Å². The smallest absolute Gasteiger partial charge is 0.336 e. The predicted octanol–water partition coefficient (Wildman–Crippen LogP) is 3.05. The average molecular weight is 278 g/mol. The molecule has 0 aliphatic heterocycles. The molecule has 20 heavy (non-hydrogen) atoms. The highest BCUT2D eigenvalue weighted by Crippen LogP contribution is 2.30. The van der Waals surface area contributed by atoms with E-state index < -0.39 is 11.9 Å². The molecule has 3 aromatic heterocycles. The highest BCUT2D eigenvalue weighted by molar-refractivity contribution is 5.91. The molecule has 0 aliphatic rings. The van der Waals surface area contributed by atoms with Crippen LogP contribution in [0.15, 0.2) is 36.8 Å². The number of rotatable bonds is 1. The van der Waals surface area contributed by atoms with E-state index in [0.29, 0.717) is 16.6 Å². The highest BCUT2D eigenvalue weighted by Gasteiger charge is 2.32. The molecule has 0 saturated heterocycles. The van der Waals surface area contributed by atoms with Gasteiger partial charge in [-0.3, -0.25) is 0 Å². The van der Waals surface area contributed by atoms with Crippen LogP contribution in [0.25, 0.3) is 22.4 Å². The monoisotopic (exact) mass is 278 g/mol. The zero-order valence-corrected chi connectivity index (χ0v) is 10.4. The van der Waals surface area contributed by atoms with Crippen LogP contribution in [0.4, 0.5) is 13.2 Å². The van der Waals surface area contributed by atoms with Crippen molar-refractivity contribution in [2.45, 2.75) is 6.18 Å². The van der Waals surface area contributed by atoms with Crippen molar-refractivity contribution in [3.05, 3.63) is 42.5 Å². The van der Waals surface area contributed by atoms with Crippen molar-refractivity contribution in [3.8, 4) is 11.4 Å². The Morgan fingerprint density at radius 2 is 1.80 bits per heavy atom. The van der Waals surface area contributed by atoms with Gasteiger partial charge >= 0.3 is 6.18 Å². The summed E-state index contributed by atoms with van der Waals surface area (Å²) in [5.74, 6) is 0.0402. The zero-order valence-electron chi connectivity index (χ0n) is 10.4. The molecule has 0 saturated carbocycles. The Bertz CT molecular complexity index is 777. The maximum absolute atomic E-state index is 12.7. The van der Waals surface area contributed by atoms with Gasteiger partial charge in [-0.25, -0.2) is 15.0 Å². The molecule has 0 unspecified atom stereocenters. The molecule has 0 bridgehead atoms. The van der Waals surface area contributed by atoms with Gasteiger partial charge in [-0.05, 0) is 18.2 Å². The van der Waals surface area contributed by atoms with Crippen molar-refractivity contribution in [2.75, 3.05) is 0 Å². The Morgan fingerprint density at radius 3 is 2.55 bits per heavy atom. The summed E-state index contributed by atoms with van der Waals surface area (Å²) in [4.78, 5) is 11.7. The summed E-state index contributed by atoms with van der Waals surface area (Å²) >= 11 is 0. The molecule has 4 nitrogen and oxygen atoms in total. The van der Waals surface area contributed by atoms with Crippen molar-refractivity contribution in [2.24, 2.45) is 7.05 Å². The van der Waals surface area contributed by atoms with E-state index in [2.05, 4.69) is 15.0 Å². The molecule has 0 aliphatic carbocycles. The highest BCUT2D eigenvalue weighted by atomic mass is 19.4. The number of pyridine rings is 1. The maximum atomic E-state index is 12.7. The normalized spacial score (nSPS) is 12.0. The summed E-state index contributed by atoms with van der Waals surface area (Å²) < 4.78 is 39.9. The number of nitrogens with zero attached hydrogens (tertiary/aromatic N) is 4. The first-order chi connectivity index (χ1) is 9.47. The van der Waals surface area contributed by atoms with Gasteiger partial charge in [0.1, 0.15) is 11.3 Å². The topological polar surface area (TPSA) is 43.6 Å². The van der Waals surface area contributed by atoms with Crippen LogP contribution in [-0.2, 0) is 13.2 Å². The van der Waals surface area contributed by atoms with Crippen LogP contribution in [0.1, 0.15) is 5.69 Å². The summed E-state index contributed by atoms with van der Waals surface area (Å²) in [6, 6.07) is 4.24. The molecule has 0 aromatic carbocycles. The van der Waals surface area contributed by atoms with Crippen molar-refractivity contribution in [1.29, 1.82) is 0 Å². The summed E-state index contributed by atoms with van der Waals surface area (Å²) in [5, 5.41) is 0.717. The lowest BCUT2D eigenvalue weighted by atomic mass is 10.1. The minimum absolute atomic E-state index is 0.0402. The fourth-order valence-electron chi connectivity index (χ4n) is 2.01. The van der Waals surface area contributed by atoms with Crippen LogP contribution in [-0.4, -0.2) is 19.5 Å². The van der Waals surface area contributed by atoms with E-state index in [-0.39, 0.29) is 5.82 Å². The zero-order chi connectivity index (χ0) is 14.3. The van der Waals surface area contributed by atoms with Crippen LogP contribution < -0.4 is 0 Å². The Hall–Kier alpha value is -2.44. The fraction of sp³-hybridized carbons (Fsp3) is 0.154. The lowest BCUT2D eigenvalue weighted by molar-refractivity contribution is -0.141. The second-order valence-electron chi connectivity index (χ2n) is 4.29. The molecule has 0 atom stereocenters. The van der Waals surface area contributed by atoms with Crippen LogP contribution in [0.5, 0.6) is 0 Å². The first-order valence-electron chi connectivity index (χ1n) is 5.77. The molecular weight excluding hydrogens is 269 g/mol. The molecular formula is C13H9F3N4. The van der Waals surface area contributed by atoms with Crippen molar-refractivity contribution >= 4 is 11.0 Å². The molecule has 102 valence electrons. The van der Waals surface area contributed by atoms with Gasteiger partial charge in [0.2, 0.25) is 0 Å². The number of aromatic nitrogens is 4. The lowest BCUT2D eigenvalue weighted by Gasteiger charge is -2.07. The average Bonchev–Trinajstić information content (AvgIpc) is 2.80. The molecule has 3 heterocycles. The van der Waals surface area contributed by atoms with Crippen LogP contribution >= 0.6 is 0 Å². The van der Waals surface area contributed by atoms with E-state index in [4.69, 9.17) is 0 Å². The largest absolute Gasteiger partial charge is 0.433 e. The molecule has 0 N–H and O–H groups in total. The first-order valence-corrected chi connectivity index (χ1v) is 5.77. The van der Waals surface area contributed by atoms with E-state index in [0.717, 1.165) is 12.3 Å². The van der Waals surface area contributed by atoms with Gasteiger partial charge in [0, 0.05) is 36.6 Å². The third-order valence-electron chi connectivity index (χ3n) is 2.95. The third-order valence-corrected chi connectivity index (χ3v) is 2.95. The second-order valence-corrected chi connectivity index (χ2v) is 4.29. The Morgan fingerprint density at radius 1 is 1.05 bits per heavy atom. The maximum Gasteiger partial charge on any atom is 0.433 e. The summed E-state index contributed by atoms with van der Waals surface area (Å²) in [6.07, 6.45) is -0.0586. The van der Waals surface area contributed by atoms with Crippen molar-refractivity contribution in [1.82, 2.24) is 19.5 Å². The first kappa shape index (κ1) is 12.6.